The maximum atomic E-state index is 12.7. The van der Waals surface area contributed by atoms with Gasteiger partial charge >= 0.3 is 0 Å². The molecule has 0 aliphatic rings. The molecular formula is C21H16ClNO2S. The summed E-state index contributed by atoms with van der Waals surface area (Å²) in [4.78, 5) is 13.7. The summed E-state index contributed by atoms with van der Waals surface area (Å²) < 4.78 is 7.01. The molecule has 0 fully saturated rings. The maximum absolute atomic E-state index is 12.7. The number of halogens is 1. The van der Waals surface area contributed by atoms with Crippen molar-refractivity contribution in [3.8, 4) is 11.3 Å². The first-order valence-corrected chi connectivity index (χ1v) is 9.42. The smallest absolute Gasteiger partial charge is 0.256 e. The van der Waals surface area contributed by atoms with Gasteiger partial charge in [0.1, 0.15) is 5.76 Å². The van der Waals surface area contributed by atoms with Crippen molar-refractivity contribution in [3.63, 3.8) is 0 Å². The third-order valence-electron chi connectivity index (χ3n) is 4.17. The van der Waals surface area contributed by atoms with E-state index in [1.54, 1.807) is 11.3 Å². The average Bonchev–Trinajstić information content (AvgIpc) is 3.17. The lowest BCUT2D eigenvalue weighted by atomic mass is 10.2. The molecule has 5 heteroatoms. The van der Waals surface area contributed by atoms with Crippen molar-refractivity contribution in [1.82, 2.24) is 5.32 Å². The molecule has 3 nitrogen and oxygen atoms in total. The highest BCUT2D eigenvalue weighted by Crippen LogP contribution is 2.36. The van der Waals surface area contributed by atoms with Crippen LogP contribution < -0.4 is 5.32 Å². The van der Waals surface area contributed by atoms with Crippen molar-refractivity contribution in [2.45, 2.75) is 13.5 Å². The molecule has 0 spiro atoms. The molecule has 0 unspecified atom stereocenters. The Balaban J connectivity index is 1.62. The Morgan fingerprint density at radius 2 is 1.92 bits per heavy atom. The minimum Gasteiger partial charge on any atom is -0.454 e. The Morgan fingerprint density at radius 3 is 2.69 bits per heavy atom. The molecule has 4 rings (SSSR count). The SMILES string of the molecule is Cc1sc2cc(-c3ccccc3)oc2c1C(=O)NCc1cccc(Cl)c1. The number of aryl methyl sites for hydroxylation is 1. The summed E-state index contributed by atoms with van der Waals surface area (Å²) in [5, 5.41) is 3.62. The zero-order chi connectivity index (χ0) is 18.1. The van der Waals surface area contributed by atoms with Gasteiger partial charge in [-0.2, -0.15) is 0 Å². The molecule has 26 heavy (non-hydrogen) atoms. The highest BCUT2D eigenvalue weighted by atomic mass is 35.5. The largest absolute Gasteiger partial charge is 0.454 e. The number of hydrogen-bond donors (Lipinski definition) is 1. The summed E-state index contributed by atoms with van der Waals surface area (Å²) in [6.07, 6.45) is 0. The molecule has 2 aromatic heterocycles. The fourth-order valence-corrected chi connectivity index (χ4v) is 4.16. The fraction of sp³-hybridized carbons (Fsp3) is 0.0952. The van der Waals surface area contributed by atoms with Gasteiger partial charge in [-0.3, -0.25) is 4.79 Å². The zero-order valence-electron chi connectivity index (χ0n) is 14.1. The van der Waals surface area contributed by atoms with E-state index < -0.39 is 0 Å². The highest BCUT2D eigenvalue weighted by Gasteiger charge is 2.21. The van der Waals surface area contributed by atoms with Crippen molar-refractivity contribution < 1.29 is 9.21 Å². The Hall–Kier alpha value is -2.56. The van der Waals surface area contributed by atoms with Gasteiger partial charge in [0.15, 0.2) is 5.58 Å². The predicted octanol–water partition coefficient (Wildman–Crippen LogP) is 6.05. The predicted molar refractivity (Wildman–Crippen MR) is 107 cm³/mol. The second-order valence-corrected chi connectivity index (χ2v) is 7.71. The fourth-order valence-electron chi connectivity index (χ4n) is 2.93. The lowest BCUT2D eigenvalue weighted by Crippen LogP contribution is -2.23. The van der Waals surface area contributed by atoms with Crippen LogP contribution in [0.4, 0.5) is 0 Å². The third-order valence-corrected chi connectivity index (χ3v) is 5.44. The number of thiophene rings is 1. The van der Waals surface area contributed by atoms with Gasteiger partial charge in [-0.05, 0) is 24.6 Å². The lowest BCUT2D eigenvalue weighted by molar-refractivity contribution is 0.0951. The molecule has 0 aliphatic carbocycles. The molecule has 1 N–H and O–H groups in total. The van der Waals surface area contributed by atoms with E-state index in [1.165, 1.54) is 0 Å². The minimum absolute atomic E-state index is 0.136. The molecule has 0 saturated heterocycles. The first kappa shape index (κ1) is 16.9. The van der Waals surface area contributed by atoms with Crippen LogP contribution in [-0.2, 0) is 6.54 Å². The van der Waals surface area contributed by atoms with Crippen LogP contribution >= 0.6 is 22.9 Å². The van der Waals surface area contributed by atoms with Gasteiger partial charge in [0.25, 0.3) is 5.91 Å². The number of benzene rings is 2. The topological polar surface area (TPSA) is 42.2 Å². The van der Waals surface area contributed by atoms with E-state index >= 15 is 0 Å². The van der Waals surface area contributed by atoms with E-state index in [2.05, 4.69) is 5.32 Å². The zero-order valence-corrected chi connectivity index (χ0v) is 15.7. The Labute approximate surface area is 160 Å². The number of amides is 1. The van der Waals surface area contributed by atoms with Gasteiger partial charge in [-0.25, -0.2) is 0 Å². The van der Waals surface area contributed by atoms with Crippen molar-refractivity contribution >= 4 is 39.1 Å². The minimum atomic E-state index is -0.136. The Bertz CT molecular complexity index is 1080. The molecule has 130 valence electrons. The van der Waals surface area contributed by atoms with E-state index in [0.29, 0.717) is 22.7 Å². The summed E-state index contributed by atoms with van der Waals surface area (Å²) in [5.41, 5.74) is 3.21. The standard InChI is InChI=1S/C21H16ClNO2S/c1-13-19(21(24)23-12-14-6-5-9-16(22)10-14)20-18(26-13)11-17(25-20)15-7-3-2-4-8-15/h2-11H,12H2,1H3,(H,23,24). The molecule has 0 radical (unpaired) electrons. The highest BCUT2D eigenvalue weighted by molar-refractivity contribution is 7.19. The summed E-state index contributed by atoms with van der Waals surface area (Å²) in [6, 6.07) is 19.3. The van der Waals surface area contributed by atoms with E-state index in [0.717, 1.165) is 26.5 Å². The van der Waals surface area contributed by atoms with Crippen LogP contribution in [-0.4, -0.2) is 5.91 Å². The second-order valence-electron chi connectivity index (χ2n) is 6.02. The van der Waals surface area contributed by atoms with Gasteiger partial charge in [0, 0.05) is 28.1 Å². The molecule has 4 aromatic rings. The van der Waals surface area contributed by atoms with Gasteiger partial charge in [0.05, 0.1) is 10.3 Å². The number of fused-ring (bicyclic) bond motifs is 1. The monoisotopic (exact) mass is 381 g/mol. The van der Waals surface area contributed by atoms with Crippen LogP contribution in [0.3, 0.4) is 0 Å². The van der Waals surface area contributed by atoms with Crippen LogP contribution in [0.25, 0.3) is 21.6 Å². The third kappa shape index (κ3) is 3.26. The molecule has 0 aliphatic heterocycles. The Kier molecular flexibility index (Phi) is 4.53. The number of carbonyl (C=O) groups is 1. The second kappa shape index (κ2) is 6.98. The molecular weight excluding hydrogens is 366 g/mol. The number of rotatable bonds is 4. The van der Waals surface area contributed by atoms with Gasteiger partial charge in [-0.15, -0.1) is 11.3 Å². The summed E-state index contributed by atoms with van der Waals surface area (Å²) in [7, 11) is 0. The number of furan rings is 1. The van der Waals surface area contributed by atoms with Crippen LogP contribution in [0.5, 0.6) is 0 Å². The van der Waals surface area contributed by atoms with E-state index in [1.807, 2.05) is 67.6 Å². The van der Waals surface area contributed by atoms with Crippen molar-refractivity contribution in [2.24, 2.45) is 0 Å². The quantitative estimate of drug-likeness (QED) is 0.467. The van der Waals surface area contributed by atoms with Crippen LogP contribution in [0.15, 0.2) is 65.1 Å². The summed E-state index contributed by atoms with van der Waals surface area (Å²) in [5.74, 6) is 0.637. The van der Waals surface area contributed by atoms with E-state index in [9.17, 15) is 4.79 Å². The Morgan fingerprint density at radius 1 is 1.12 bits per heavy atom. The van der Waals surface area contributed by atoms with Gasteiger partial charge < -0.3 is 9.73 Å². The summed E-state index contributed by atoms with van der Waals surface area (Å²) in [6.45, 7) is 2.36. The van der Waals surface area contributed by atoms with Crippen molar-refractivity contribution in [3.05, 3.63) is 81.7 Å². The maximum Gasteiger partial charge on any atom is 0.256 e. The molecule has 1 amide bonds. The number of carbonyl (C=O) groups excluding carboxylic acids is 1. The molecule has 0 saturated carbocycles. The van der Waals surface area contributed by atoms with Gasteiger partial charge in [-0.1, -0.05) is 54.1 Å². The molecule has 2 heterocycles. The summed E-state index contributed by atoms with van der Waals surface area (Å²) >= 11 is 7.57. The van der Waals surface area contributed by atoms with E-state index in [-0.39, 0.29) is 5.91 Å². The van der Waals surface area contributed by atoms with Crippen molar-refractivity contribution in [2.75, 3.05) is 0 Å². The number of nitrogens with one attached hydrogen (secondary N) is 1. The first-order chi connectivity index (χ1) is 12.6. The molecule has 2 aromatic carbocycles. The van der Waals surface area contributed by atoms with E-state index in [4.69, 9.17) is 16.0 Å². The number of hydrogen-bond acceptors (Lipinski definition) is 3. The lowest BCUT2D eigenvalue weighted by Gasteiger charge is -2.05. The van der Waals surface area contributed by atoms with Crippen molar-refractivity contribution in [1.29, 1.82) is 0 Å². The normalized spacial score (nSPS) is 11.0. The van der Waals surface area contributed by atoms with Crippen LogP contribution in [0.2, 0.25) is 5.02 Å². The average molecular weight is 382 g/mol. The van der Waals surface area contributed by atoms with Gasteiger partial charge in [0.2, 0.25) is 0 Å². The first-order valence-electron chi connectivity index (χ1n) is 8.23. The molecule has 0 atom stereocenters. The molecule has 0 bridgehead atoms. The van der Waals surface area contributed by atoms with Crippen LogP contribution in [0.1, 0.15) is 20.8 Å². The van der Waals surface area contributed by atoms with Crippen LogP contribution in [0, 0.1) is 6.92 Å².